The molecule has 0 saturated carbocycles. The number of carbonyl (C=O) groups excluding carboxylic acids is 1. The Balaban J connectivity index is 3.07. The second-order valence-electron chi connectivity index (χ2n) is 3.46. The fourth-order valence-corrected chi connectivity index (χ4v) is 1.21. The average molecular weight is 223 g/mol. The fourth-order valence-electron chi connectivity index (χ4n) is 1.21. The number of nitrogens with zero attached hydrogens (tertiary/aromatic N) is 1. The molecular weight excluding hydrogens is 209 g/mol. The fraction of sp³-hybridized carbons (Fsp3) is 0.250. The van der Waals surface area contributed by atoms with Crippen molar-refractivity contribution >= 4 is 5.78 Å². The predicted octanol–water partition coefficient (Wildman–Crippen LogP) is 2.09. The number of methoxy groups -OCH3 is 1. The number of halogens is 1. The predicted molar refractivity (Wildman–Crippen MR) is 60.1 cm³/mol. The van der Waals surface area contributed by atoms with Gasteiger partial charge in [0, 0.05) is 26.4 Å². The number of benzene rings is 1. The van der Waals surface area contributed by atoms with Crippen molar-refractivity contribution in [1.82, 2.24) is 4.90 Å². The van der Waals surface area contributed by atoms with E-state index in [4.69, 9.17) is 4.74 Å². The Morgan fingerprint density at radius 3 is 2.69 bits per heavy atom. The molecule has 0 heterocycles. The highest BCUT2D eigenvalue weighted by molar-refractivity contribution is 6.06. The Kier molecular flexibility index (Phi) is 4.05. The van der Waals surface area contributed by atoms with Crippen molar-refractivity contribution < 1.29 is 13.9 Å². The first-order valence-corrected chi connectivity index (χ1v) is 4.77. The van der Waals surface area contributed by atoms with Gasteiger partial charge in [-0.2, -0.15) is 0 Å². The molecule has 1 aromatic carbocycles. The van der Waals surface area contributed by atoms with E-state index in [1.54, 1.807) is 31.3 Å². The molecule has 4 heteroatoms. The number of carbonyl (C=O) groups is 1. The summed E-state index contributed by atoms with van der Waals surface area (Å²) in [6.07, 6.45) is 2.87. The van der Waals surface area contributed by atoms with E-state index < -0.39 is 11.6 Å². The van der Waals surface area contributed by atoms with Crippen molar-refractivity contribution in [2.45, 2.75) is 0 Å². The third-order valence-corrected chi connectivity index (χ3v) is 1.97. The topological polar surface area (TPSA) is 29.5 Å². The molecule has 3 nitrogen and oxygen atoms in total. The molecule has 1 aromatic rings. The van der Waals surface area contributed by atoms with Gasteiger partial charge in [-0.25, -0.2) is 4.39 Å². The maximum absolute atomic E-state index is 13.5. The summed E-state index contributed by atoms with van der Waals surface area (Å²) in [5.41, 5.74) is -0.0388. The highest BCUT2D eigenvalue weighted by atomic mass is 19.1. The first kappa shape index (κ1) is 12.2. The molecule has 0 aromatic heterocycles. The summed E-state index contributed by atoms with van der Waals surface area (Å²) in [6, 6.07) is 4.29. The standard InChI is InChI=1S/C12H14FNO2/c1-14(2)8-7-10(15)12-9(13)5-4-6-11(12)16-3/h4-8H,1-3H3/b8-7+. The number of allylic oxidation sites excluding steroid dienone is 1. The van der Waals surface area contributed by atoms with Crippen LogP contribution in [0, 0.1) is 5.82 Å². The lowest BCUT2D eigenvalue weighted by Gasteiger charge is -2.07. The van der Waals surface area contributed by atoms with Gasteiger partial charge < -0.3 is 9.64 Å². The van der Waals surface area contributed by atoms with Crippen LogP contribution in [0.25, 0.3) is 0 Å². The summed E-state index contributed by atoms with van der Waals surface area (Å²) < 4.78 is 18.4. The van der Waals surface area contributed by atoms with Crippen molar-refractivity contribution in [2.24, 2.45) is 0 Å². The van der Waals surface area contributed by atoms with Crippen LogP contribution in [0.15, 0.2) is 30.5 Å². The first-order chi connectivity index (χ1) is 7.56. The van der Waals surface area contributed by atoms with E-state index >= 15 is 0 Å². The molecule has 1 rings (SSSR count). The van der Waals surface area contributed by atoms with Gasteiger partial charge in [0.05, 0.1) is 12.7 Å². The largest absolute Gasteiger partial charge is 0.496 e. The van der Waals surface area contributed by atoms with Gasteiger partial charge in [0.25, 0.3) is 0 Å². The van der Waals surface area contributed by atoms with Gasteiger partial charge in [-0.05, 0) is 12.1 Å². The zero-order valence-corrected chi connectivity index (χ0v) is 9.53. The second-order valence-corrected chi connectivity index (χ2v) is 3.46. The highest BCUT2D eigenvalue weighted by Crippen LogP contribution is 2.21. The Bertz CT molecular complexity index is 413. The number of ketones is 1. The molecule has 0 spiro atoms. The average Bonchev–Trinajstić information content (AvgIpc) is 2.25. The van der Waals surface area contributed by atoms with Crippen LogP contribution < -0.4 is 4.74 Å². The van der Waals surface area contributed by atoms with E-state index in [1.165, 1.54) is 25.3 Å². The van der Waals surface area contributed by atoms with Crippen LogP contribution >= 0.6 is 0 Å². The Labute approximate surface area is 94.1 Å². The molecule has 0 radical (unpaired) electrons. The number of hydrogen-bond acceptors (Lipinski definition) is 3. The molecule has 16 heavy (non-hydrogen) atoms. The van der Waals surface area contributed by atoms with Gasteiger partial charge in [0.2, 0.25) is 0 Å². The Morgan fingerprint density at radius 2 is 2.12 bits per heavy atom. The number of hydrogen-bond donors (Lipinski definition) is 0. The summed E-state index contributed by atoms with van der Waals surface area (Å²) in [6.45, 7) is 0. The Morgan fingerprint density at radius 1 is 1.44 bits per heavy atom. The van der Waals surface area contributed by atoms with Crippen LogP contribution in [-0.4, -0.2) is 31.9 Å². The molecule has 0 amide bonds. The number of rotatable bonds is 4. The van der Waals surface area contributed by atoms with Gasteiger partial charge in [-0.1, -0.05) is 6.07 Å². The second kappa shape index (κ2) is 5.30. The van der Waals surface area contributed by atoms with Gasteiger partial charge in [0.15, 0.2) is 5.78 Å². The molecule has 0 aliphatic heterocycles. The van der Waals surface area contributed by atoms with Crippen LogP contribution in [0.1, 0.15) is 10.4 Å². The van der Waals surface area contributed by atoms with Crippen molar-refractivity contribution in [1.29, 1.82) is 0 Å². The Hall–Kier alpha value is -1.84. The summed E-state index contributed by atoms with van der Waals surface area (Å²) in [5, 5.41) is 0. The van der Waals surface area contributed by atoms with E-state index in [0.29, 0.717) is 0 Å². The van der Waals surface area contributed by atoms with Crippen molar-refractivity contribution in [3.63, 3.8) is 0 Å². The molecule has 0 unspecified atom stereocenters. The van der Waals surface area contributed by atoms with E-state index in [0.717, 1.165) is 0 Å². The smallest absolute Gasteiger partial charge is 0.193 e. The van der Waals surface area contributed by atoms with Crippen molar-refractivity contribution in [3.8, 4) is 5.75 Å². The molecule has 0 N–H and O–H groups in total. The van der Waals surface area contributed by atoms with Crippen LogP contribution in [-0.2, 0) is 0 Å². The monoisotopic (exact) mass is 223 g/mol. The molecule has 0 aliphatic rings. The molecule has 0 bridgehead atoms. The summed E-state index contributed by atoms with van der Waals surface area (Å²) in [5.74, 6) is -0.746. The minimum absolute atomic E-state index is 0.0388. The van der Waals surface area contributed by atoms with Crippen LogP contribution in [0.4, 0.5) is 4.39 Å². The summed E-state index contributed by atoms with van der Waals surface area (Å²) in [7, 11) is 4.96. The zero-order chi connectivity index (χ0) is 12.1. The normalized spacial score (nSPS) is 10.5. The minimum atomic E-state index is -0.576. The third kappa shape index (κ3) is 2.82. The molecule has 0 fully saturated rings. The summed E-state index contributed by atoms with van der Waals surface area (Å²) >= 11 is 0. The minimum Gasteiger partial charge on any atom is -0.496 e. The molecule has 0 aliphatic carbocycles. The maximum Gasteiger partial charge on any atom is 0.193 e. The SMILES string of the molecule is COc1cccc(F)c1C(=O)/C=C/N(C)C. The van der Waals surface area contributed by atoms with Crippen LogP contribution in [0.5, 0.6) is 5.75 Å². The number of ether oxygens (including phenoxy) is 1. The van der Waals surface area contributed by atoms with Crippen molar-refractivity contribution in [3.05, 3.63) is 41.9 Å². The summed E-state index contributed by atoms with van der Waals surface area (Å²) in [4.78, 5) is 13.4. The molecular formula is C12H14FNO2. The van der Waals surface area contributed by atoms with Crippen LogP contribution in [0.2, 0.25) is 0 Å². The van der Waals surface area contributed by atoms with E-state index in [-0.39, 0.29) is 11.3 Å². The quantitative estimate of drug-likeness (QED) is 0.578. The van der Waals surface area contributed by atoms with Gasteiger partial charge in [0.1, 0.15) is 11.6 Å². The van der Waals surface area contributed by atoms with Gasteiger partial charge in [-0.3, -0.25) is 4.79 Å². The zero-order valence-electron chi connectivity index (χ0n) is 9.53. The lowest BCUT2D eigenvalue weighted by molar-refractivity contribution is 0.103. The van der Waals surface area contributed by atoms with Gasteiger partial charge >= 0.3 is 0 Å². The van der Waals surface area contributed by atoms with E-state index in [1.807, 2.05) is 0 Å². The van der Waals surface area contributed by atoms with Crippen molar-refractivity contribution in [2.75, 3.05) is 21.2 Å². The lowest BCUT2D eigenvalue weighted by Crippen LogP contribution is -2.06. The molecule has 86 valence electrons. The lowest BCUT2D eigenvalue weighted by atomic mass is 10.1. The molecule has 0 atom stereocenters. The first-order valence-electron chi connectivity index (χ1n) is 4.77. The maximum atomic E-state index is 13.5. The third-order valence-electron chi connectivity index (χ3n) is 1.97. The highest BCUT2D eigenvalue weighted by Gasteiger charge is 2.14. The van der Waals surface area contributed by atoms with Crippen LogP contribution in [0.3, 0.4) is 0 Å². The van der Waals surface area contributed by atoms with E-state index in [9.17, 15) is 9.18 Å². The van der Waals surface area contributed by atoms with E-state index in [2.05, 4.69) is 0 Å². The molecule has 0 saturated heterocycles. The van der Waals surface area contributed by atoms with Gasteiger partial charge in [-0.15, -0.1) is 0 Å².